The fourth-order valence-corrected chi connectivity index (χ4v) is 7.48. The molecule has 0 heterocycles. The Balaban J connectivity index is 2.56. The van der Waals surface area contributed by atoms with E-state index in [1.165, 1.54) is 36.5 Å². The van der Waals surface area contributed by atoms with Crippen molar-refractivity contribution < 1.29 is 0 Å². The molecule has 0 saturated heterocycles. The third-order valence-electron chi connectivity index (χ3n) is 4.87. The van der Waals surface area contributed by atoms with Gasteiger partial charge in [0, 0.05) is 0 Å². The van der Waals surface area contributed by atoms with Gasteiger partial charge in [-0.3, -0.25) is 0 Å². The van der Waals surface area contributed by atoms with Crippen LogP contribution in [0, 0.1) is 0 Å². The summed E-state index contributed by atoms with van der Waals surface area (Å²) in [5.41, 5.74) is 2.47. The van der Waals surface area contributed by atoms with Gasteiger partial charge in [0.05, 0.1) is 8.07 Å². The Morgan fingerprint density at radius 2 is 1.47 bits per heavy atom. The average molecular weight is 248 g/mol. The molecule has 0 aliphatic rings. The Bertz CT molecular complexity index is 292. The third kappa shape index (κ3) is 3.70. The number of rotatable bonds is 7. The molecule has 1 rings (SSSR count). The largest absolute Gasteiger partial charge is 0.0678 e. The first-order valence-corrected chi connectivity index (χ1v) is 9.92. The van der Waals surface area contributed by atoms with Crippen molar-refractivity contribution in [1.29, 1.82) is 0 Å². The van der Waals surface area contributed by atoms with Crippen molar-refractivity contribution in [3.8, 4) is 0 Å². The third-order valence-corrected chi connectivity index (χ3v) is 11.5. The smallest absolute Gasteiger partial charge is 0.0556 e. The molecule has 0 aliphatic heterocycles. The molecule has 0 amide bonds. The van der Waals surface area contributed by atoms with Crippen LogP contribution in [0.2, 0.25) is 23.7 Å². The highest BCUT2D eigenvalue weighted by molar-refractivity contribution is 6.80. The van der Waals surface area contributed by atoms with Crippen molar-refractivity contribution in [3.05, 3.63) is 35.9 Å². The van der Waals surface area contributed by atoms with Crippen LogP contribution < -0.4 is 0 Å². The van der Waals surface area contributed by atoms with Gasteiger partial charge in [-0.15, -0.1) is 0 Å². The second-order valence-electron chi connectivity index (χ2n) is 5.35. The molecule has 0 aromatic heterocycles. The second kappa shape index (κ2) is 7.00. The van der Waals surface area contributed by atoms with Gasteiger partial charge < -0.3 is 0 Å². The summed E-state index contributed by atoms with van der Waals surface area (Å²) in [6.07, 6.45) is 2.64. The Morgan fingerprint density at radius 1 is 0.941 bits per heavy atom. The maximum Gasteiger partial charge on any atom is 0.0556 e. The van der Waals surface area contributed by atoms with Crippen molar-refractivity contribution in [2.75, 3.05) is 0 Å². The molecule has 0 bridgehead atoms. The van der Waals surface area contributed by atoms with Gasteiger partial charge in [-0.1, -0.05) is 76.2 Å². The van der Waals surface area contributed by atoms with Crippen molar-refractivity contribution in [3.63, 3.8) is 0 Å². The van der Waals surface area contributed by atoms with Crippen molar-refractivity contribution in [1.82, 2.24) is 0 Å². The van der Waals surface area contributed by atoms with Gasteiger partial charge in [-0.25, -0.2) is 0 Å². The van der Waals surface area contributed by atoms with Gasteiger partial charge in [-0.2, -0.15) is 0 Å². The molecular weight excluding hydrogens is 220 g/mol. The molecule has 0 radical (unpaired) electrons. The molecule has 0 aliphatic carbocycles. The number of benzene rings is 1. The lowest BCUT2D eigenvalue weighted by molar-refractivity contribution is 0.747. The lowest BCUT2D eigenvalue weighted by atomic mass is 10.1. The predicted octanol–water partition coefficient (Wildman–Crippen LogP) is 5.52. The molecule has 0 N–H and O–H groups in total. The molecule has 1 aromatic carbocycles. The van der Waals surface area contributed by atoms with Gasteiger partial charge >= 0.3 is 0 Å². The standard InChI is InChI=1S/C16H28Si/c1-5-17(6-2,7-3)15(4)13-14-16-11-9-8-10-12-16/h8-12,15H,5-7,13-14H2,1-4H3. The van der Waals surface area contributed by atoms with E-state index in [1.807, 2.05) is 0 Å². The first-order valence-electron chi connectivity index (χ1n) is 7.22. The molecular formula is C16H28Si. The Labute approximate surface area is 108 Å². The van der Waals surface area contributed by atoms with Crippen molar-refractivity contribution >= 4 is 8.07 Å². The Morgan fingerprint density at radius 3 is 1.94 bits per heavy atom. The van der Waals surface area contributed by atoms with Crippen LogP contribution >= 0.6 is 0 Å². The van der Waals surface area contributed by atoms with Crippen LogP contribution in [0.1, 0.15) is 39.7 Å². The summed E-state index contributed by atoms with van der Waals surface area (Å²) >= 11 is 0. The van der Waals surface area contributed by atoms with E-state index in [4.69, 9.17) is 0 Å². The molecule has 1 atom stereocenters. The molecule has 96 valence electrons. The minimum absolute atomic E-state index is 0.961. The lowest BCUT2D eigenvalue weighted by Crippen LogP contribution is -2.36. The topological polar surface area (TPSA) is 0 Å². The number of aryl methyl sites for hydroxylation is 1. The summed E-state index contributed by atoms with van der Waals surface area (Å²) in [6.45, 7) is 9.75. The van der Waals surface area contributed by atoms with E-state index in [1.54, 1.807) is 0 Å². The zero-order chi connectivity index (χ0) is 12.7. The van der Waals surface area contributed by atoms with E-state index in [9.17, 15) is 0 Å². The van der Waals surface area contributed by atoms with Crippen LogP contribution in [-0.4, -0.2) is 8.07 Å². The summed E-state index contributed by atoms with van der Waals surface area (Å²) < 4.78 is 0. The first-order chi connectivity index (χ1) is 8.18. The minimum atomic E-state index is -0.975. The molecule has 1 heteroatoms. The molecule has 1 unspecified atom stereocenters. The van der Waals surface area contributed by atoms with E-state index in [2.05, 4.69) is 58.0 Å². The van der Waals surface area contributed by atoms with Crippen LogP contribution in [0.4, 0.5) is 0 Å². The summed E-state index contributed by atoms with van der Waals surface area (Å²) in [6, 6.07) is 15.3. The Kier molecular flexibility index (Phi) is 5.97. The fourth-order valence-electron chi connectivity index (χ4n) is 3.13. The van der Waals surface area contributed by atoms with Gasteiger partial charge in [0.25, 0.3) is 0 Å². The lowest BCUT2D eigenvalue weighted by Gasteiger charge is -2.35. The minimum Gasteiger partial charge on any atom is -0.0678 e. The molecule has 0 nitrogen and oxygen atoms in total. The van der Waals surface area contributed by atoms with Crippen LogP contribution in [0.15, 0.2) is 30.3 Å². The average Bonchev–Trinajstić information content (AvgIpc) is 2.40. The predicted molar refractivity (Wildman–Crippen MR) is 81.4 cm³/mol. The summed E-state index contributed by atoms with van der Waals surface area (Å²) in [4.78, 5) is 0. The molecule has 1 aromatic rings. The van der Waals surface area contributed by atoms with Crippen LogP contribution in [0.5, 0.6) is 0 Å². The summed E-state index contributed by atoms with van der Waals surface area (Å²) in [5, 5.41) is 0. The molecule has 0 fully saturated rings. The van der Waals surface area contributed by atoms with Gasteiger partial charge in [0.2, 0.25) is 0 Å². The number of hydrogen-bond acceptors (Lipinski definition) is 0. The monoisotopic (exact) mass is 248 g/mol. The van der Waals surface area contributed by atoms with E-state index >= 15 is 0 Å². The first kappa shape index (κ1) is 14.5. The number of hydrogen-bond donors (Lipinski definition) is 0. The molecule has 0 spiro atoms. The van der Waals surface area contributed by atoms with Crippen LogP contribution in [0.25, 0.3) is 0 Å². The molecule has 17 heavy (non-hydrogen) atoms. The fraction of sp³-hybridized carbons (Fsp3) is 0.625. The zero-order valence-corrected chi connectivity index (χ0v) is 13.0. The maximum absolute atomic E-state index is 2.51. The van der Waals surface area contributed by atoms with E-state index in [0.29, 0.717) is 0 Å². The highest BCUT2D eigenvalue weighted by atomic mass is 28.3. The summed E-state index contributed by atoms with van der Waals surface area (Å²) in [7, 11) is -0.975. The van der Waals surface area contributed by atoms with Crippen molar-refractivity contribution in [2.24, 2.45) is 0 Å². The van der Waals surface area contributed by atoms with Gasteiger partial charge in [-0.05, 0) is 23.9 Å². The quantitative estimate of drug-likeness (QED) is 0.557. The highest BCUT2D eigenvalue weighted by Gasteiger charge is 2.32. The molecule has 0 saturated carbocycles. The SMILES string of the molecule is CC[Si](CC)(CC)C(C)CCc1ccccc1. The maximum atomic E-state index is 2.51. The van der Waals surface area contributed by atoms with Crippen LogP contribution in [-0.2, 0) is 6.42 Å². The highest BCUT2D eigenvalue weighted by Crippen LogP contribution is 2.36. The van der Waals surface area contributed by atoms with Gasteiger partial charge in [0.15, 0.2) is 0 Å². The van der Waals surface area contributed by atoms with Crippen molar-refractivity contribution in [2.45, 2.75) is 64.2 Å². The van der Waals surface area contributed by atoms with E-state index in [0.717, 1.165) is 5.54 Å². The normalized spacial score (nSPS) is 13.6. The van der Waals surface area contributed by atoms with E-state index in [-0.39, 0.29) is 0 Å². The van der Waals surface area contributed by atoms with Crippen LogP contribution in [0.3, 0.4) is 0 Å². The second-order valence-corrected chi connectivity index (χ2v) is 11.2. The van der Waals surface area contributed by atoms with Gasteiger partial charge in [0.1, 0.15) is 0 Å². The van der Waals surface area contributed by atoms with E-state index < -0.39 is 8.07 Å². The zero-order valence-electron chi connectivity index (χ0n) is 12.0. The Hall–Kier alpha value is -0.563. The summed E-state index contributed by atoms with van der Waals surface area (Å²) in [5.74, 6) is 0.